The van der Waals surface area contributed by atoms with Crippen molar-refractivity contribution < 1.29 is 13.9 Å². The van der Waals surface area contributed by atoms with Crippen LogP contribution >= 0.6 is 0 Å². The first kappa shape index (κ1) is 15.2. The zero-order chi connectivity index (χ0) is 15.4. The quantitative estimate of drug-likeness (QED) is 0.889. The van der Waals surface area contributed by atoms with Crippen LogP contribution in [-0.4, -0.2) is 14.2 Å². The first-order chi connectivity index (χ1) is 10.0. The smallest absolute Gasteiger partial charge is 0.127 e. The zero-order valence-corrected chi connectivity index (χ0v) is 12.7. The monoisotopic (exact) mass is 289 g/mol. The van der Waals surface area contributed by atoms with Gasteiger partial charge >= 0.3 is 0 Å². The average molecular weight is 289 g/mol. The van der Waals surface area contributed by atoms with E-state index < -0.39 is 0 Å². The summed E-state index contributed by atoms with van der Waals surface area (Å²) in [4.78, 5) is 0. The van der Waals surface area contributed by atoms with Crippen molar-refractivity contribution >= 4 is 5.69 Å². The van der Waals surface area contributed by atoms with E-state index in [2.05, 4.69) is 5.32 Å². The van der Waals surface area contributed by atoms with Gasteiger partial charge in [-0.2, -0.15) is 0 Å². The van der Waals surface area contributed by atoms with Crippen molar-refractivity contribution in [3.05, 3.63) is 53.3 Å². The second-order valence-electron chi connectivity index (χ2n) is 4.93. The molecular weight excluding hydrogens is 269 g/mol. The second-order valence-corrected chi connectivity index (χ2v) is 4.93. The Hall–Kier alpha value is -2.23. The minimum Gasteiger partial charge on any atom is -0.497 e. The van der Waals surface area contributed by atoms with Gasteiger partial charge in [-0.3, -0.25) is 0 Å². The lowest BCUT2D eigenvalue weighted by molar-refractivity contribution is 0.390. The van der Waals surface area contributed by atoms with Gasteiger partial charge in [-0.15, -0.1) is 0 Å². The van der Waals surface area contributed by atoms with Gasteiger partial charge in [-0.05, 0) is 49.7 Å². The third-order valence-corrected chi connectivity index (χ3v) is 3.47. The molecule has 3 nitrogen and oxygen atoms in total. The fourth-order valence-corrected chi connectivity index (χ4v) is 2.28. The summed E-state index contributed by atoms with van der Waals surface area (Å²) in [7, 11) is 3.26. The molecule has 2 rings (SSSR count). The van der Waals surface area contributed by atoms with E-state index in [4.69, 9.17) is 9.47 Å². The highest BCUT2D eigenvalue weighted by molar-refractivity contribution is 5.53. The molecule has 2 aromatic carbocycles. The van der Waals surface area contributed by atoms with Crippen molar-refractivity contribution in [1.82, 2.24) is 0 Å². The number of rotatable bonds is 5. The average Bonchev–Trinajstić information content (AvgIpc) is 2.49. The van der Waals surface area contributed by atoms with E-state index in [0.29, 0.717) is 0 Å². The SMILES string of the molecule is COc1ccc(C(C)Nc2ccc(F)cc2C)c(OC)c1. The molecule has 0 aliphatic heterocycles. The molecule has 0 bridgehead atoms. The Balaban J connectivity index is 2.25. The molecule has 0 heterocycles. The van der Waals surface area contributed by atoms with Crippen LogP contribution in [0.5, 0.6) is 11.5 Å². The molecule has 0 fully saturated rings. The number of methoxy groups -OCH3 is 2. The molecule has 0 radical (unpaired) electrons. The van der Waals surface area contributed by atoms with Gasteiger partial charge in [0.05, 0.1) is 20.3 Å². The minimum atomic E-state index is -0.229. The molecule has 0 aromatic heterocycles. The van der Waals surface area contributed by atoms with E-state index in [1.807, 2.05) is 32.0 Å². The molecule has 0 aliphatic carbocycles. The molecule has 2 aromatic rings. The standard InChI is InChI=1S/C17H20FNO2/c1-11-9-13(18)5-8-16(11)19-12(2)15-7-6-14(20-3)10-17(15)21-4/h5-10,12,19H,1-4H3. The Morgan fingerprint density at radius 2 is 1.81 bits per heavy atom. The maximum absolute atomic E-state index is 13.1. The maximum Gasteiger partial charge on any atom is 0.127 e. The predicted molar refractivity (Wildman–Crippen MR) is 82.7 cm³/mol. The number of hydrogen-bond donors (Lipinski definition) is 1. The van der Waals surface area contributed by atoms with E-state index in [0.717, 1.165) is 28.3 Å². The van der Waals surface area contributed by atoms with Crippen LogP contribution in [0.4, 0.5) is 10.1 Å². The normalized spacial score (nSPS) is 11.9. The summed E-state index contributed by atoms with van der Waals surface area (Å²) in [5.74, 6) is 1.28. The third-order valence-electron chi connectivity index (χ3n) is 3.47. The van der Waals surface area contributed by atoms with E-state index in [1.165, 1.54) is 12.1 Å². The summed E-state index contributed by atoms with van der Waals surface area (Å²) in [5.41, 5.74) is 2.79. The Bertz CT molecular complexity index is 628. The Labute approximate surface area is 124 Å². The first-order valence-electron chi connectivity index (χ1n) is 6.79. The molecule has 4 heteroatoms. The summed E-state index contributed by atoms with van der Waals surface area (Å²) < 4.78 is 23.8. The van der Waals surface area contributed by atoms with Gasteiger partial charge < -0.3 is 14.8 Å². The van der Waals surface area contributed by atoms with Crippen LogP contribution in [0.3, 0.4) is 0 Å². The molecule has 0 saturated carbocycles. The molecular formula is C17H20FNO2. The second kappa shape index (κ2) is 6.48. The lowest BCUT2D eigenvalue weighted by Crippen LogP contribution is -2.09. The number of benzene rings is 2. The van der Waals surface area contributed by atoms with Gasteiger partial charge in [0, 0.05) is 17.3 Å². The maximum atomic E-state index is 13.1. The highest BCUT2D eigenvalue weighted by atomic mass is 19.1. The number of ether oxygens (including phenoxy) is 2. The number of halogens is 1. The van der Waals surface area contributed by atoms with Crippen molar-refractivity contribution in [3.63, 3.8) is 0 Å². The molecule has 0 saturated heterocycles. The molecule has 1 unspecified atom stereocenters. The lowest BCUT2D eigenvalue weighted by atomic mass is 10.1. The van der Waals surface area contributed by atoms with Crippen LogP contribution in [0, 0.1) is 12.7 Å². The Morgan fingerprint density at radius 3 is 2.43 bits per heavy atom. The van der Waals surface area contributed by atoms with Gasteiger partial charge in [0.1, 0.15) is 17.3 Å². The van der Waals surface area contributed by atoms with Gasteiger partial charge in [0.15, 0.2) is 0 Å². The predicted octanol–water partition coefficient (Wildman–Crippen LogP) is 4.32. The summed E-state index contributed by atoms with van der Waals surface area (Å²) in [6.07, 6.45) is 0. The van der Waals surface area contributed by atoms with Crippen LogP contribution < -0.4 is 14.8 Å². The minimum absolute atomic E-state index is 0.0232. The number of anilines is 1. The molecule has 0 spiro atoms. The van der Waals surface area contributed by atoms with Crippen molar-refractivity contribution in [3.8, 4) is 11.5 Å². The van der Waals surface area contributed by atoms with E-state index >= 15 is 0 Å². The van der Waals surface area contributed by atoms with Crippen LogP contribution in [-0.2, 0) is 0 Å². The number of aryl methyl sites for hydroxylation is 1. The van der Waals surface area contributed by atoms with Gasteiger partial charge in [0.25, 0.3) is 0 Å². The molecule has 112 valence electrons. The van der Waals surface area contributed by atoms with Crippen LogP contribution in [0.15, 0.2) is 36.4 Å². The van der Waals surface area contributed by atoms with Crippen LogP contribution in [0.2, 0.25) is 0 Å². The van der Waals surface area contributed by atoms with Crippen LogP contribution in [0.25, 0.3) is 0 Å². The lowest BCUT2D eigenvalue weighted by Gasteiger charge is -2.20. The van der Waals surface area contributed by atoms with E-state index in [-0.39, 0.29) is 11.9 Å². The van der Waals surface area contributed by atoms with Crippen LogP contribution in [0.1, 0.15) is 24.1 Å². The third kappa shape index (κ3) is 3.45. The van der Waals surface area contributed by atoms with Crippen molar-refractivity contribution in [2.75, 3.05) is 19.5 Å². The largest absolute Gasteiger partial charge is 0.497 e. The van der Waals surface area contributed by atoms with E-state index in [1.54, 1.807) is 20.3 Å². The fourth-order valence-electron chi connectivity index (χ4n) is 2.28. The number of nitrogens with one attached hydrogen (secondary N) is 1. The van der Waals surface area contributed by atoms with Crippen molar-refractivity contribution in [1.29, 1.82) is 0 Å². The number of hydrogen-bond acceptors (Lipinski definition) is 3. The van der Waals surface area contributed by atoms with E-state index in [9.17, 15) is 4.39 Å². The topological polar surface area (TPSA) is 30.5 Å². The highest BCUT2D eigenvalue weighted by Gasteiger charge is 2.13. The molecule has 1 N–H and O–H groups in total. The summed E-state index contributed by atoms with van der Waals surface area (Å²) >= 11 is 0. The fraction of sp³-hybridized carbons (Fsp3) is 0.294. The van der Waals surface area contributed by atoms with Crippen molar-refractivity contribution in [2.24, 2.45) is 0 Å². The Morgan fingerprint density at radius 1 is 1.05 bits per heavy atom. The molecule has 0 amide bonds. The molecule has 0 aliphatic rings. The summed E-state index contributed by atoms with van der Waals surface area (Å²) in [6.45, 7) is 3.91. The Kier molecular flexibility index (Phi) is 4.68. The zero-order valence-electron chi connectivity index (χ0n) is 12.7. The summed E-state index contributed by atoms with van der Waals surface area (Å²) in [6, 6.07) is 10.5. The molecule has 21 heavy (non-hydrogen) atoms. The summed E-state index contributed by atoms with van der Waals surface area (Å²) in [5, 5.41) is 3.38. The van der Waals surface area contributed by atoms with Gasteiger partial charge in [-0.1, -0.05) is 0 Å². The molecule has 1 atom stereocenters. The van der Waals surface area contributed by atoms with Gasteiger partial charge in [-0.25, -0.2) is 4.39 Å². The first-order valence-corrected chi connectivity index (χ1v) is 6.79. The van der Waals surface area contributed by atoms with Crippen molar-refractivity contribution in [2.45, 2.75) is 19.9 Å². The van der Waals surface area contributed by atoms with Gasteiger partial charge in [0.2, 0.25) is 0 Å². The highest BCUT2D eigenvalue weighted by Crippen LogP contribution is 2.31.